The van der Waals surface area contributed by atoms with Crippen LogP contribution in [0, 0.1) is 11.8 Å². The topological polar surface area (TPSA) is 67.4 Å². The molecule has 0 saturated heterocycles. The molecule has 112 valence electrons. The second kappa shape index (κ2) is 6.11. The molecule has 0 aromatic heterocycles. The fourth-order valence-corrected chi connectivity index (χ4v) is 3.53. The van der Waals surface area contributed by atoms with Gasteiger partial charge in [0.1, 0.15) is 10.6 Å². The molecule has 0 spiro atoms. The van der Waals surface area contributed by atoms with Gasteiger partial charge < -0.3 is 10.1 Å². The molecule has 1 aromatic rings. The van der Waals surface area contributed by atoms with Crippen molar-refractivity contribution in [2.75, 3.05) is 20.7 Å². The highest BCUT2D eigenvalue weighted by Gasteiger charge is 2.33. The first-order chi connectivity index (χ1) is 9.47. The Hall–Kier alpha value is -1.11. The van der Waals surface area contributed by atoms with E-state index in [1.54, 1.807) is 12.1 Å². The first-order valence-electron chi connectivity index (χ1n) is 6.79. The molecule has 0 heterocycles. The van der Waals surface area contributed by atoms with Gasteiger partial charge in [0, 0.05) is 13.1 Å². The molecule has 1 aromatic carbocycles. The Morgan fingerprint density at radius 3 is 2.65 bits per heavy atom. The third kappa shape index (κ3) is 3.50. The predicted molar refractivity (Wildman–Crippen MR) is 78.2 cm³/mol. The van der Waals surface area contributed by atoms with Crippen LogP contribution in [0.5, 0.6) is 5.75 Å². The summed E-state index contributed by atoms with van der Waals surface area (Å²) in [5.74, 6) is 1.47. The van der Waals surface area contributed by atoms with Gasteiger partial charge in [-0.3, -0.25) is 0 Å². The van der Waals surface area contributed by atoms with Gasteiger partial charge in [-0.2, -0.15) is 0 Å². The van der Waals surface area contributed by atoms with Gasteiger partial charge in [-0.1, -0.05) is 13.0 Å². The standard InChI is InChI=1S/C14H22N2O3S/c1-10-6-12(10)9-16-20(17,18)14-7-11(8-15-2)4-5-13(14)19-3/h4-5,7,10,12,15-16H,6,8-9H2,1-3H3. The number of benzene rings is 1. The highest BCUT2D eigenvalue weighted by Crippen LogP contribution is 2.37. The van der Waals surface area contributed by atoms with Crippen LogP contribution in [-0.2, 0) is 16.6 Å². The van der Waals surface area contributed by atoms with E-state index in [0.717, 1.165) is 12.0 Å². The van der Waals surface area contributed by atoms with E-state index in [2.05, 4.69) is 17.0 Å². The zero-order chi connectivity index (χ0) is 14.8. The average Bonchev–Trinajstić information content (AvgIpc) is 3.13. The lowest BCUT2D eigenvalue weighted by Gasteiger charge is -2.12. The van der Waals surface area contributed by atoms with E-state index in [9.17, 15) is 8.42 Å². The molecule has 2 rings (SSSR count). The number of ether oxygens (including phenoxy) is 1. The minimum absolute atomic E-state index is 0.209. The molecule has 6 heteroatoms. The van der Waals surface area contributed by atoms with Crippen LogP contribution in [0.3, 0.4) is 0 Å². The second-order valence-electron chi connectivity index (χ2n) is 5.34. The average molecular weight is 298 g/mol. The maximum Gasteiger partial charge on any atom is 0.244 e. The number of rotatable bonds is 7. The summed E-state index contributed by atoms with van der Waals surface area (Å²) in [6.45, 7) is 3.25. The van der Waals surface area contributed by atoms with Crippen molar-refractivity contribution in [3.05, 3.63) is 23.8 Å². The zero-order valence-electron chi connectivity index (χ0n) is 12.1. The third-order valence-electron chi connectivity index (χ3n) is 3.71. The first-order valence-corrected chi connectivity index (χ1v) is 8.27. The summed E-state index contributed by atoms with van der Waals surface area (Å²) in [4.78, 5) is 0.209. The maximum absolute atomic E-state index is 12.4. The molecular formula is C14H22N2O3S. The Morgan fingerprint density at radius 2 is 2.10 bits per heavy atom. The van der Waals surface area contributed by atoms with Gasteiger partial charge in [0.25, 0.3) is 0 Å². The highest BCUT2D eigenvalue weighted by molar-refractivity contribution is 7.89. The molecular weight excluding hydrogens is 276 g/mol. The molecule has 2 unspecified atom stereocenters. The van der Waals surface area contributed by atoms with Crippen LogP contribution in [0.25, 0.3) is 0 Å². The van der Waals surface area contributed by atoms with E-state index < -0.39 is 10.0 Å². The van der Waals surface area contributed by atoms with Crippen LogP contribution in [0.4, 0.5) is 0 Å². The Bertz CT molecular complexity index is 572. The van der Waals surface area contributed by atoms with Crippen LogP contribution in [0.2, 0.25) is 0 Å². The van der Waals surface area contributed by atoms with Gasteiger partial charge in [0.15, 0.2) is 0 Å². The smallest absolute Gasteiger partial charge is 0.244 e. The van der Waals surface area contributed by atoms with E-state index in [-0.39, 0.29) is 4.90 Å². The molecule has 0 amide bonds. The Labute approximate surface area is 120 Å². The number of hydrogen-bond donors (Lipinski definition) is 2. The number of sulfonamides is 1. The summed E-state index contributed by atoms with van der Waals surface area (Å²) in [6, 6.07) is 5.21. The Kier molecular flexibility index (Phi) is 4.67. The van der Waals surface area contributed by atoms with Gasteiger partial charge in [0.05, 0.1) is 7.11 Å². The summed E-state index contributed by atoms with van der Waals surface area (Å²) >= 11 is 0. The van der Waals surface area contributed by atoms with Crippen molar-refractivity contribution in [1.82, 2.24) is 10.0 Å². The van der Waals surface area contributed by atoms with Crippen molar-refractivity contribution in [2.45, 2.75) is 24.8 Å². The maximum atomic E-state index is 12.4. The summed E-state index contributed by atoms with van der Waals surface area (Å²) in [5, 5.41) is 3.01. The summed E-state index contributed by atoms with van der Waals surface area (Å²) < 4.78 is 32.6. The Morgan fingerprint density at radius 1 is 1.40 bits per heavy atom. The van der Waals surface area contributed by atoms with Crippen molar-refractivity contribution in [3.63, 3.8) is 0 Å². The lowest BCUT2D eigenvalue weighted by atomic mass is 10.2. The normalized spacial score (nSPS) is 21.8. The molecule has 1 aliphatic carbocycles. The highest BCUT2D eigenvalue weighted by atomic mass is 32.2. The molecule has 2 atom stereocenters. The number of hydrogen-bond acceptors (Lipinski definition) is 4. The molecule has 1 saturated carbocycles. The second-order valence-corrected chi connectivity index (χ2v) is 7.08. The number of methoxy groups -OCH3 is 1. The van der Waals surface area contributed by atoms with E-state index in [0.29, 0.717) is 30.7 Å². The SMILES string of the molecule is CNCc1ccc(OC)c(S(=O)(=O)NCC2CC2C)c1. The molecule has 1 fully saturated rings. The summed E-state index contributed by atoms with van der Waals surface area (Å²) in [5.41, 5.74) is 0.911. The van der Waals surface area contributed by atoms with Gasteiger partial charge in [0.2, 0.25) is 10.0 Å². The third-order valence-corrected chi connectivity index (χ3v) is 5.15. The summed E-state index contributed by atoms with van der Waals surface area (Å²) in [7, 11) is -0.219. The zero-order valence-corrected chi connectivity index (χ0v) is 13.0. The minimum Gasteiger partial charge on any atom is -0.495 e. The van der Waals surface area contributed by atoms with Gasteiger partial charge in [-0.05, 0) is 43.0 Å². The molecule has 0 aliphatic heterocycles. The fourth-order valence-electron chi connectivity index (χ4n) is 2.22. The lowest BCUT2D eigenvalue weighted by molar-refractivity contribution is 0.402. The van der Waals surface area contributed by atoms with Crippen molar-refractivity contribution < 1.29 is 13.2 Å². The first kappa shape index (κ1) is 15.3. The van der Waals surface area contributed by atoms with Crippen LogP contribution in [0.15, 0.2) is 23.1 Å². The quantitative estimate of drug-likeness (QED) is 0.797. The van der Waals surface area contributed by atoms with E-state index in [1.165, 1.54) is 7.11 Å². The molecule has 0 radical (unpaired) electrons. The molecule has 1 aliphatic rings. The van der Waals surface area contributed by atoms with Crippen molar-refractivity contribution in [1.29, 1.82) is 0 Å². The van der Waals surface area contributed by atoms with Crippen LogP contribution < -0.4 is 14.8 Å². The molecule has 20 heavy (non-hydrogen) atoms. The minimum atomic E-state index is -3.53. The lowest BCUT2D eigenvalue weighted by Crippen LogP contribution is -2.26. The van der Waals surface area contributed by atoms with Crippen LogP contribution in [0.1, 0.15) is 18.9 Å². The molecule has 0 bridgehead atoms. The van der Waals surface area contributed by atoms with Gasteiger partial charge >= 0.3 is 0 Å². The molecule has 2 N–H and O–H groups in total. The van der Waals surface area contributed by atoms with E-state index in [4.69, 9.17) is 4.74 Å². The monoisotopic (exact) mass is 298 g/mol. The van der Waals surface area contributed by atoms with E-state index >= 15 is 0 Å². The van der Waals surface area contributed by atoms with Crippen molar-refractivity contribution in [2.24, 2.45) is 11.8 Å². The van der Waals surface area contributed by atoms with Crippen molar-refractivity contribution >= 4 is 10.0 Å². The fraction of sp³-hybridized carbons (Fsp3) is 0.571. The van der Waals surface area contributed by atoms with Crippen molar-refractivity contribution in [3.8, 4) is 5.75 Å². The molecule has 5 nitrogen and oxygen atoms in total. The van der Waals surface area contributed by atoms with Gasteiger partial charge in [-0.15, -0.1) is 0 Å². The van der Waals surface area contributed by atoms with Crippen LogP contribution >= 0.6 is 0 Å². The van der Waals surface area contributed by atoms with E-state index in [1.807, 2.05) is 13.1 Å². The number of nitrogens with one attached hydrogen (secondary N) is 2. The largest absolute Gasteiger partial charge is 0.495 e. The predicted octanol–water partition coefficient (Wildman–Crippen LogP) is 1.35. The summed E-state index contributed by atoms with van der Waals surface area (Å²) in [6.07, 6.45) is 1.10. The Balaban J connectivity index is 2.21. The van der Waals surface area contributed by atoms with Gasteiger partial charge in [-0.25, -0.2) is 13.1 Å². The van der Waals surface area contributed by atoms with Crippen LogP contribution in [-0.4, -0.2) is 29.1 Å².